The van der Waals surface area contributed by atoms with Crippen LogP contribution in [-0.4, -0.2) is 41.0 Å². The SMILES string of the molecule is CC1CC1C(=O)Nc1cccc(C(=O)N2CC[C@@H](O)C2)c1. The van der Waals surface area contributed by atoms with Crippen molar-refractivity contribution in [3.63, 3.8) is 0 Å². The lowest BCUT2D eigenvalue weighted by Gasteiger charge is -2.16. The molecule has 21 heavy (non-hydrogen) atoms. The Hall–Kier alpha value is -1.88. The molecular formula is C16H20N2O3. The number of benzene rings is 1. The number of carbonyl (C=O) groups excluding carboxylic acids is 2. The van der Waals surface area contributed by atoms with Crippen molar-refractivity contribution in [3.8, 4) is 0 Å². The number of anilines is 1. The van der Waals surface area contributed by atoms with Crippen molar-refractivity contribution in [1.82, 2.24) is 4.90 Å². The molecule has 2 aliphatic rings. The van der Waals surface area contributed by atoms with Gasteiger partial charge in [0.05, 0.1) is 6.10 Å². The van der Waals surface area contributed by atoms with E-state index >= 15 is 0 Å². The molecule has 3 atom stereocenters. The average Bonchev–Trinajstić information content (AvgIpc) is 3.04. The van der Waals surface area contributed by atoms with Gasteiger partial charge in [-0.05, 0) is 37.0 Å². The third-order valence-electron chi connectivity index (χ3n) is 4.27. The van der Waals surface area contributed by atoms with E-state index in [-0.39, 0.29) is 17.7 Å². The molecule has 2 unspecified atom stereocenters. The zero-order valence-corrected chi connectivity index (χ0v) is 12.1. The number of rotatable bonds is 3. The normalized spacial score (nSPS) is 27.5. The van der Waals surface area contributed by atoms with Crippen LogP contribution in [0.3, 0.4) is 0 Å². The van der Waals surface area contributed by atoms with Crippen molar-refractivity contribution in [2.24, 2.45) is 11.8 Å². The first-order valence-electron chi connectivity index (χ1n) is 7.43. The molecule has 0 spiro atoms. The van der Waals surface area contributed by atoms with E-state index in [2.05, 4.69) is 12.2 Å². The molecule has 0 aromatic heterocycles. The molecule has 0 bridgehead atoms. The van der Waals surface area contributed by atoms with Gasteiger partial charge in [-0.1, -0.05) is 13.0 Å². The predicted octanol–water partition coefficient (Wildman–Crippen LogP) is 1.49. The van der Waals surface area contributed by atoms with Crippen LogP contribution in [0.5, 0.6) is 0 Å². The number of aliphatic hydroxyl groups excluding tert-OH is 1. The number of hydrogen-bond acceptors (Lipinski definition) is 3. The summed E-state index contributed by atoms with van der Waals surface area (Å²) in [6, 6.07) is 7.01. The van der Waals surface area contributed by atoms with Crippen LogP contribution in [-0.2, 0) is 4.79 Å². The summed E-state index contributed by atoms with van der Waals surface area (Å²) in [6.07, 6.45) is 1.14. The zero-order chi connectivity index (χ0) is 15.0. The predicted molar refractivity (Wildman–Crippen MR) is 78.9 cm³/mol. The fraction of sp³-hybridized carbons (Fsp3) is 0.500. The maximum Gasteiger partial charge on any atom is 0.254 e. The van der Waals surface area contributed by atoms with Gasteiger partial charge in [-0.2, -0.15) is 0 Å². The highest BCUT2D eigenvalue weighted by Gasteiger charge is 2.39. The molecule has 5 nitrogen and oxygen atoms in total. The maximum absolute atomic E-state index is 12.3. The summed E-state index contributed by atoms with van der Waals surface area (Å²) in [5, 5.41) is 12.4. The van der Waals surface area contributed by atoms with Gasteiger partial charge in [0.1, 0.15) is 0 Å². The smallest absolute Gasteiger partial charge is 0.254 e. The fourth-order valence-corrected chi connectivity index (χ4v) is 2.76. The Morgan fingerprint density at radius 2 is 2.14 bits per heavy atom. The molecule has 5 heteroatoms. The number of likely N-dealkylation sites (tertiary alicyclic amines) is 1. The number of nitrogens with zero attached hydrogens (tertiary/aromatic N) is 1. The Morgan fingerprint density at radius 1 is 1.38 bits per heavy atom. The molecule has 0 radical (unpaired) electrons. The highest BCUT2D eigenvalue weighted by Crippen LogP contribution is 2.38. The fourth-order valence-electron chi connectivity index (χ4n) is 2.76. The van der Waals surface area contributed by atoms with Crippen LogP contribution in [0, 0.1) is 11.8 Å². The highest BCUT2D eigenvalue weighted by molar-refractivity contribution is 5.98. The van der Waals surface area contributed by atoms with Gasteiger partial charge in [0.15, 0.2) is 0 Å². The van der Waals surface area contributed by atoms with Crippen molar-refractivity contribution >= 4 is 17.5 Å². The van der Waals surface area contributed by atoms with Crippen molar-refractivity contribution in [3.05, 3.63) is 29.8 Å². The minimum atomic E-state index is -0.423. The standard InChI is InChI=1S/C16H20N2O3/c1-10-7-14(10)15(20)17-12-4-2-3-11(8-12)16(21)18-6-5-13(19)9-18/h2-4,8,10,13-14,19H,5-7,9H2,1H3,(H,17,20)/t10?,13-,14?/m1/s1. The summed E-state index contributed by atoms with van der Waals surface area (Å²) in [5.74, 6) is 0.505. The minimum absolute atomic E-state index is 0.0312. The van der Waals surface area contributed by atoms with Crippen molar-refractivity contribution in [1.29, 1.82) is 0 Å². The number of amides is 2. The lowest BCUT2D eigenvalue weighted by molar-refractivity contribution is -0.117. The van der Waals surface area contributed by atoms with Crippen molar-refractivity contribution < 1.29 is 14.7 Å². The summed E-state index contributed by atoms with van der Waals surface area (Å²) >= 11 is 0. The second-order valence-electron chi connectivity index (χ2n) is 6.08. The van der Waals surface area contributed by atoms with Gasteiger partial charge in [-0.25, -0.2) is 0 Å². The summed E-state index contributed by atoms with van der Waals surface area (Å²) < 4.78 is 0. The van der Waals surface area contributed by atoms with Crippen molar-refractivity contribution in [2.75, 3.05) is 18.4 Å². The van der Waals surface area contributed by atoms with E-state index in [0.29, 0.717) is 36.7 Å². The number of β-amino-alcohol motifs (C(OH)–C–C–N with tert-alkyl or cyclic N) is 1. The molecule has 1 heterocycles. The summed E-state index contributed by atoms with van der Waals surface area (Å²) in [4.78, 5) is 25.9. The Morgan fingerprint density at radius 3 is 2.76 bits per heavy atom. The first-order chi connectivity index (χ1) is 10.0. The molecule has 1 aliphatic heterocycles. The molecule has 2 amide bonds. The second kappa shape index (κ2) is 5.48. The topological polar surface area (TPSA) is 69.6 Å². The molecule has 112 valence electrons. The van der Waals surface area contributed by atoms with Gasteiger partial charge in [0.25, 0.3) is 5.91 Å². The van der Waals surface area contributed by atoms with E-state index in [1.54, 1.807) is 29.2 Å². The van der Waals surface area contributed by atoms with Crippen LogP contribution in [0.25, 0.3) is 0 Å². The number of hydrogen-bond donors (Lipinski definition) is 2. The van der Waals surface area contributed by atoms with Crippen LogP contribution in [0.4, 0.5) is 5.69 Å². The van der Waals surface area contributed by atoms with Gasteiger partial charge in [-0.3, -0.25) is 9.59 Å². The molecule has 2 fully saturated rings. The van der Waals surface area contributed by atoms with Crippen LogP contribution >= 0.6 is 0 Å². The molecule has 1 aromatic carbocycles. The Balaban J connectivity index is 1.68. The number of carbonyl (C=O) groups is 2. The molecule has 1 saturated heterocycles. The molecule has 1 aliphatic carbocycles. The van der Waals surface area contributed by atoms with E-state index in [4.69, 9.17) is 0 Å². The third-order valence-corrected chi connectivity index (χ3v) is 4.27. The largest absolute Gasteiger partial charge is 0.391 e. The lowest BCUT2D eigenvalue weighted by atomic mass is 10.1. The van der Waals surface area contributed by atoms with E-state index in [0.717, 1.165) is 6.42 Å². The number of aliphatic hydroxyl groups is 1. The maximum atomic E-state index is 12.3. The van der Waals surface area contributed by atoms with E-state index < -0.39 is 6.10 Å². The Kier molecular flexibility index (Phi) is 3.68. The molecule has 3 rings (SSSR count). The first kappa shape index (κ1) is 14.1. The summed E-state index contributed by atoms with van der Waals surface area (Å²) in [7, 11) is 0. The van der Waals surface area contributed by atoms with Crippen molar-refractivity contribution in [2.45, 2.75) is 25.9 Å². The van der Waals surface area contributed by atoms with Crippen LogP contribution in [0.2, 0.25) is 0 Å². The quantitative estimate of drug-likeness (QED) is 0.885. The molecule has 2 N–H and O–H groups in total. The minimum Gasteiger partial charge on any atom is -0.391 e. The van der Waals surface area contributed by atoms with E-state index in [1.165, 1.54) is 0 Å². The number of nitrogens with one attached hydrogen (secondary N) is 1. The van der Waals surface area contributed by atoms with Gasteiger partial charge in [0.2, 0.25) is 5.91 Å². The molecule has 1 saturated carbocycles. The zero-order valence-electron chi connectivity index (χ0n) is 12.1. The average molecular weight is 288 g/mol. The molecule has 1 aromatic rings. The van der Waals surface area contributed by atoms with Crippen LogP contribution < -0.4 is 5.32 Å². The van der Waals surface area contributed by atoms with E-state index in [9.17, 15) is 14.7 Å². The highest BCUT2D eigenvalue weighted by atomic mass is 16.3. The van der Waals surface area contributed by atoms with Gasteiger partial charge < -0.3 is 15.3 Å². The first-order valence-corrected chi connectivity index (χ1v) is 7.43. The van der Waals surface area contributed by atoms with Crippen LogP contribution in [0.1, 0.15) is 30.1 Å². The summed E-state index contributed by atoms with van der Waals surface area (Å²) in [5.41, 5.74) is 1.20. The summed E-state index contributed by atoms with van der Waals surface area (Å²) in [6.45, 7) is 3.02. The second-order valence-corrected chi connectivity index (χ2v) is 6.08. The van der Waals surface area contributed by atoms with Gasteiger partial charge in [0, 0.05) is 30.3 Å². The van der Waals surface area contributed by atoms with Crippen LogP contribution in [0.15, 0.2) is 24.3 Å². The monoisotopic (exact) mass is 288 g/mol. The molecular weight excluding hydrogens is 268 g/mol. The lowest BCUT2D eigenvalue weighted by Crippen LogP contribution is -2.29. The Bertz CT molecular complexity index is 572. The van der Waals surface area contributed by atoms with Gasteiger partial charge in [-0.15, -0.1) is 0 Å². The Labute approximate surface area is 123 Å². The van der Waals surface area contributed by atoms with E-state index in [1.807, 2.05) is 0 Å². The third kappa shape index (κ3) is 3.08. The van der Waals surface area contributed by atoms with Gasteiger partial charge >= 0.3 is 0 Å².